The molecule has 0 atom stereocenters. The lowest BCUT2D eigenvalue weighted by atomic mass is 9.85. The van der Waals surface area contributed by atoms with E-state index in [1.54, 1.807) is 6.08 Å². The third-order valence-corrected chi connectivity index (χ3v) is 5.21. The van der Waals surface area contributed by atoms with Crippen molar-refractivity contribution < 1.29 is 9.53 Å². The summed E-state index contributed by atoms with van der Waals surface area (Å²) in [6, 6.07) is 15.8. The second-order valence-corrected chi connectivity index (χ2v) is 7.57. The number of nitrogens with zero attached hydrogens (tertiary/aromatic N) is 1. The zero-order chi connectivity index (χ0) is 21.9. The summed E-state index contributed by atoms with van der Waals surface area (Å²) < 4.78 is 5.73. The van der Waals surface area contributed by atoms with Gasteiger partial charge in [-0.3, -0.25) is 4.79 Å². The van der Waals surface area contributed by atoms with Crippen molar-refractivity contribution in [2.24, 2.45) is 10.9 Å². The average molecular weight is 548 g/mol. The van der Waals surface area contributed by atoms with Crippen molar-refractivity contribution in [1.29, 1.82) is 0 Å². The first-order valence-corrected chi connectivity index (χ1v) is 10.9. The summed E-state index contributed by atoms with van der Waals surface area (Å²) in [5.41, 5.74) is 2.92. The Balaban J connectivity index is 0.00000363. The number of hydrogen-bond acceptors (Lipinski definition) is 3. The molecule has 1 aliphatic rings. The topological polar surface area (TPSA) is 74.8 Å². The molecule has 3 N–H and O–H groups in total. The van der Waals surface area contributed by atoms with Crippen LogP contribution in [0.5, 0.6) is 5.75 Å². The normalized spacial score (nSPS) is 13.3. The molecule has 0 bridgehead atoms. The molecule has 0 radical (unpaired) electrons. The largest absolute Gasteiger partial charge is 0.489 e. The van der Waals surface area contributed by atoms with Gasteiger partial charge in [0.2, 0.25) is 5.91 Å². The molecular weight excluding hydrogens is 515 g/mol. The molecule has 0 saturated heterocycles. The number of benzene rings is 2. The number of halogens is 1. The molecule has 1 saturated carbocycles. The molecule has 0 unspecified atom stereocenters. The molecular formula is C25H33IN4O2. The maximum absolute atomic E-state index is 12.2. The first-order valence-electron chi connectivity index (χ1n) is 10.9. The molecule has 6 nitrogen and oxygen atoms in total. The number of para-hydroxylation sites is 1. The molecule has 0 aliphatic heterocycles. The number of aliphatic imine (C=N–C) groups is 1. The van der Waals surface area contributed by atoms with Gasteiger partial charge in [0.25, 0.3) is 0 Å². The highest BCUT2D eigenvalue weighted by Crippen LogP contribution is 2.27. The van der Waals surface area contributed by atoms with Crippen LogP contribution in [0.2, 0.25) is 0 Å². The first-order chi connectivity index (χ1) is 15.2. The van der Waals surface area contributed by atoms with Gasteiger partial charge in [0, 0.05) is 30.3 Å². The zero-order valence-corrected chi connectivity index (χ0v) is 20.9. The van der Waals surface area contributed by atoms with E-state index in [1.165, 1.54) is 0 Å². The van der Waals surface area contributed by atoms with Crippen LogP contribution in [-0.2, 0) is 17.9 Å². The van der Waals surface area contributed by atoms with Crippen LogP contribution in [0.3, 0.4) is 0 Å². The van der Waals surface area contributed by atoms with Gasteiger partial charge in [0.1, 0.15) is 12.4 Å². The lowest BCUT2D eigenvalue weighted by Gasteiger charge is -2.24. The van der Waals surface area contributed by atoms with Crippen LogP contribution in [-0.4, -0.2) is 25.0 Å². The lowest BCUT2D eigenvalue weighted by Crippen LogP contribution is -2.36. The number of rotatable bonds is 10. The van der Waals surface area contributed by atoms with Crippen molar-refractivity contribution in [3.05, 3.63) is 72.3 Å². The van der Waals surface area contributed by atoms with Gasteiger partial charge in [-0.05, 0) is 43.5 Å². The van der Waals surface area contributed by atoms with Crippen LogP contribution < -0.4 is 20.7 Å². The quantitative estimate of drug-likeness (QED) is 0.172. The predicted molar refractivity (Wildman–Crippen MR) is 142 cm³/mol. The van der Waals surface area contributed by atoms with Crippen LogP contribution in [0.15, 0.2) is 66.2 Å². The Bertz CT molecular complexity index is 912. The minimum Gasteiger partial charge on any atom is -0.489 e. The van der Waals surface area contributed by atoms with Crippen LogP contribution >= 0.6 is 24.0 Å². The van der Waals surface area contributed by atoms with E-state index < -0.39 is 0 Å². The maximum Gasteiger partial charge on any atom is 0.227 e. The molecule has 0 heterocycles. The molecule has 7 heteroatoms. The van der Waals surface area contributed by atoms with Gasteiger partial charge in [-0.25, -0.2) is 4.99 Å². The van der Waals surface area contributed by atoms with Crippen LogP contribution in [0.4, 0.5) is 5.69 Å². The van der Waals surface area contributed by atoms with Gasteiger partial charge in [-0.1, -0.05) is 49.4 Å². The van der Waals surface area contributed by atoms with Crippen molar-refractivity contribution in [1.82, 2.24) is 10.6 Å². The second kappa shape index (κ2) is 13.8. The Labute approximate surface area is 208 Å². The fraction of sp³-hybridized carbons (Fsp3) is 0.360. The van der Waals surface area contributed by atoms with Crippen molar-refractivity contribution in [2.45, 2.75) is 39.3 Å². The molecule has 0 aromatic heterocycles. The van der Waals surface area contributed by atoms with E-state index in [9.17, 15) is 4.79 Å². The van der Waals surface area contributed by atoms with Crippen molar-refractivity contribution in [3.63, 3.8) is 0 Å². The highest BCUT2D eigenvalue weighted by atomic mass is 127. The number of hydrogen-bond donors (Lipinski definition) is 3. The molecule has 1 aliphatic carbocycles. The highest BCUT2D eigenvalue weighted by Gasteiger charge is 2.25. The van der Waals surface area contributed by atoms with Crippen LogP contribution in [0.25, 0.3) is 0 Å². The van der Waals surface area contributed by atoms with Crippen molar-refractivity contribution >= 4 is 41.5 Å². The van der Waals surface area contributed by atoms with E-state index in [2.05, 4.69) is 22.5 Å². The van der Waals surface area contributed by atoms with Gasteiger partial charge in [-0.2, -0.15) is 0 Å². The number of amides is 1. The third-order valence-electron chi connectivity index (χ3n) is 5.21. The number of guanidine groups is 1. The zero-order valence-electron chi connectivity index (χ0n) is 18.6. The van der Waals surface area contributed by atoms with Gasteiger partial charge < -0.3 is 20.7 Å². The van der Waals surface area contributed by atoms with Crippen LogP contribution in [0, 0.1) is 5.92 Å². The number of nitrogens with one attached hydrogen (secondary N) is 3. The summed E-state index contributed by atoms with van der Waals surface area (Å²) in [5, 5.41) is 9.67. The molecule has 32 heavy (non-hydrogen) atoms. The van der Waals surface area contributed by atoms with E-state index in [0.29, 0.717) is 19.7 Å². The minimum absolute atomic E-state index is 0. The Kier molecular flexibility index (Phi) is 11.1. The fourth-order valence-corrected chi connectivity index (χ4v) is 3.29. The number of ether oxygens (including phenoxy) is 1. The summed E-state index contributed by atoms with van der Waals surface area (Å²) >= 11 is 0. The second-order valence-electron chi connectivity index (χ2n) is 7.57. The SMILES string of the molecule is C=CCOc1ccccc1CNC(=NCc1cccc(NC(=O)C2CCC2)c1)NCC.I. The molecule has 172 valence electrons. The smallest absolute Gasteiger partial charge is 0.227 e. The van der Waals surface area contributed by atoms with E-state index in [1.807, 2.05) is 55.5 Å². The first kappa shape index (κ1) is 25.7. The average Bonchev–Trinajstić information content (AvgIpc) is 2.73. The van der Waals surface area contributed by atoms with E-state index in [0.717, 1.165) is 54.3 Å². The Morgan fingerprint density at radius 1 is 1.19 bits per heavy atom. The molecule has 1 amide bonds. The monoisotopic (exact) mass is 548 g/mol. The van der Waals surface area contributed by atoms with Crippen molar-refractivity contribution in [3.8, 4) is 5.75 Å². The molecule has 2 aromatic rings. The Morgan fingerprint density at radius 3 is 2.72 bits per heavy atom. The summed E-state index contributed by atoms with van der Waals surface area (Å²) in [6.07, 6.45) is 4.88. The molecule has 2 aromatic carbocycles. The van der Waals surface area contributed by atoms with Gasteiger partial charge in [0.15, 0.2) is 5.96 Å². The molecule has 0 spiro atoms. The molecule has 3 rings (SSSR count). The Hall–Kier alpha value is -2.55. The maximum atomic E-state index is 12.2. The predicted octanol–water partition coefficient (Wildman–Crippen LogP) is 4.86. The Morgan fingerprint density at radius 2 is 2.00 bits per heavy atom. The summed E-state index contributed by atoms with van der Waals surface area (Å²) in [6.45, 7) is 8.08. The third kappa shape index (κ3) is 7.85. The van der Waals surface area contributed by atoms with Crippen LogP contribution in [0.1, 0.15) is 37.3 Å². The highest BCUT2D eigenvalue weighted by molar-refractivity contribution is 14.0. The standard InChI is InChI=1S/C25H32N4O2.HI/c1-3-15-31-23-14-6-5-10-21(23)18-28-25(26-4-2)27-17-19-9-7-13-22(16-19)29-24(30)20-11-8-12-20;/h3,5-7,9-10,13-14,16,20H,1,4,8,11-12,15,17-18H2,2H3,(H,29,30)(H2,26,27,28);1H. The lowest BCUT2D eigenvalue weighted by molar-refractivity contribution is -0.122. The summed E-state index contributed by atoms with van der Waals surface area (Å²) in [4.78, 5) is 16.9. The van der Waals surface area contributed by atoms with E-state index >= 15 is 0 Å². The van der Waals surface area contributed by atoms with Gasteiger partial charge >= 0.3 is 0 Å². The van der Waals surface area contributed by atoms with E-state index in [-0.39, 0.29) is 35.8 Å². The van der Waals surface area contributed by atoms with Crippen molar-refractivity contribution in [2.75, 3.05) is 18.5 Å². The summed E-state index contributed by atoms with van der Waals surface area (Å²) in [5.74, 6) is 1.86. The fourth-order valence-electron chi connectivity index (χ4n) is 3.29. The number of carbonyl (C=O) groups is 1. The molecule has 1 fully saturated rings. The number of carbonyl (C=O) groups excluding carboxylic acids is 1. The van der Waals surface area contributed by atoms with E-state index in [4.69, 9.17) is 9.73 Å². The summed E-state index contributed by atoms with van der Waals surface area (Å²) in [7, 11) is 0. The number of anilines is 1. The minimum atomic E-state index is 0. The van der Waals surface area contributed by atoms with Gasteiger partial charge in [0.05, 0.1) is 6.54 Å². The van der Waals surface area contributed by atoms with Gasteiger partial charge in [-0.15, -0.1) is 24.0 Å².